The van der Waals surface area contributed by atoms with Gasteiger partial charge < -0.3 is 14.8 Å². The Bertz CT molecular complexity index is 967. The molecule has 2 heterocycles. The molecule has 8 heteroatoms. The number of hydrogen-bond donors (Lipinski definition) is 1. The smallest absolute Gasteiger partial charge is 0.220 e. The molecule has 3 rings (SSSR count). The van der Waals surface area contributed by atoms with E-state index in [4.69, 9.17) is 9.47 Å². The fraction of sp³-hybridized carbons (Fsp3) is 0.368. The molecule has 142 valence electrons. The van der Waals surface area contributed by atoms with Gasteiger partial charge in [0.2, 0.25) is 5.91 Å². The first-order valence-corrected chi connectivity index (χ1v) is 8.67. The van der Waals surface area contributed by atoms with Crippen LogP contribution in [-0.4, -0.2) is 39.9 Å². The summed E-state index contributed by atoms with van der Waals surface area (Å²) in [5.74, 6) is 1.28. The standard InChI is InChI=1S/C19H23N5O3/c1-12-15(13(2)23-24-11-21-22-19(12)24)6-8-18(25)20-10-14-5-7-16(26-3)17(9-14)27-4/h5,7,9,11H,6,8,10H2,1-4H3,(H,20,25). The maximum atomic E-state index is 12.3. The Balaban J connectivity index is 1.60. The summed E-state index contributed by atoms with van der Waals surface area (Å²) in [6.07, 6.45) is 2.56. The van der Waals surface area contributed by atoms with Crippen LogP contribution in [0.3, 0.4) is 0 Å². The van der Waals surface area contributed by atoms with Gasteiger partial charge in [0.15, 0.2) is 17.1 Å². The number of nitrogens with one attached hydrogen (secondary N) is 1. The number of aromatic nitrogens is 4. The molecule has 0 fully saturated rings. The minimum atomic E-state index is -0.0232. The monoisotopic (exact) mass is 369 g/mol. The summed E-state index contributed by atoms with van der Waals surface area (Å²) < 4.78 is 12.2. The number of aryl methyl sites for hydroxylation is 2. The van der Waals surface area contributed by atoms with Gasteiger partial charge in [-0.3, -0.25) is 4.79 Å². The lowest BCUT2D eigenvalue weighted by Gasteiger charge is -2.11. The molecule has 8 nitrogen and oxygen atoms in total. The highest BCUT2D eigenvalue weighted by Gasteiger charge is 2.13. The number of hydrogen-bond acceptors (Lipinski definition) is 6. The van der Waals surface area contributed by atoms with Gasteiger partial charge in [0.25, 0.3) is 0 Å². The van der Waals surface area contributed by atoms with E-state index in [0.717, 1.165) is 28.0 Å². The van der Waals surface area contributed by atoms with Crippen LogP contribution in [0.2, 0.25) is 0 Å². The van der Waals surface area contributed by atoms with Gasteiger partial charge in [-0.25, -0.2) is 4.52 Å². The second-order valence-electron chi connectivity index (χ2n) is 6.25. The summed E-state index contributed by atoms with van der Waals surface area (Å²) in [5.41, 5.74) is 4.60. The molecule has 1 aromatic carbocycles. The first kappa shape index (κ1) is 18.6. The van der Waals surface area contributed by atoms with Gasteiger partial charge in [-0.1, -0.05) is 6.07 Å². The van der Waals surface area contributed by atoms with Crippen LogP contribution in [0.15, 0.2) is 24.5 Å². The van der Waals surface area contributed by atoms with Gasteiger partial charge >= 0.3 is 0 Å². The summed E-state index contributed by atoms with van der Waals surface area (Å²) in [4.78, 5) is 12.3. The van der Waals surface area contributed by atoms with Crippen LogP contribution < -0.4 is 14.8 Å². The molecule has 2 aromatic heterocycles. The van der Waals surface area contributed by atoms with Crippen LogP contribution in [-0.2, 0) is 17.8 Å². The molecule has 0 unspecified atom stereocenters. The van der Waals surface area contributed by atoms with E-state index in [0.29, 0.717) is 30.9 Å². The highest BCUT2D eigenvalue weighted by Crippen LogP contribution is 2.27. The first-order chi connectivity index (χ1) is 13.0. The molecule has 0 saturated heterocycles. The maximum Gasteiger partial charge on any atom is 0.220 e. The van der Waals surface area contributed by atoms with E-state index in [2.05, 4.69) is 20.6 Å². The molecular weight excluding hydrogens is 346 g/mol. The summed E-state index contributed by atoms with van der Waals surface area (Å²) in [6, 6.07) is 5.59. The SMILES string of the molecule is COc1ccc(CNC(=O)CCc2c(C)nn3cnnc3c2C)cc1OC. The van der Waals surface area contributed by atoms with E-state index >= 15 is 0 Å². The number of carbonyl (C=O) groups is 1. The molecule has 0 aliphatic rings. The Morgan fingerprint density at radius 3 is 2.70 bits per heavy atom. The number of amides is 1. The van der Waals surface area contributed by atoms with Gasteiger partial charge in [-0.15, -0.1) is 10.2 Å². The third-order valence-corrected chi connectivity index (χ3v) is 4.55. The van der Waals surface area contributed by atoms with E-state index in [9.17, 15) is 4.79 Å². The van der Waals surface area contributed by atoms with Crippen molar-refractivity contribution in [2.24, 2.45) is 0 Å². The zero-order valence-corrected chi connectivity index (χ0v) is 15.9. The van der Waals surface area contributed by atoms with Crippen LogP contribution in [0.25, 0.3) is 5.65 Å². The van der Waals surface area contributed by atoms with Crippen molar-refractivity contribution in [3.63, 3.8) is 0 Å². The van der Waals surface area contributed by atoms with Crippen molar-refractivity contribution in [1.82, 2.24) is 25.1 Å². The third-order valence-electron chi connectivity index (χ3n) is 4.55. The third kappa shape index (κ3) is 3.99. The summed E-state index contributed by atoms with van der Waals surface area (Å²) >= 11 is 0. The lowest BCUT2D eigenvalue weighted by molar-refractivity contribution is -0.121. The Morgan fingerprint density at radius 1 is 1.19 bits per heavy atom. The maximum absolute atomic E-state index is 12.3. The molecule has 0 spiro atoms. The Morgan fingerprint density at radius 2 is 1.96 bits per heavy atom. The minimum Gasteiger partial charge on any atom is -0.493 e. The van der Waals surface area contributed by atoms with Crippen LogP contribution in [0.1, 0.15) is 28.8 Å². The topological polar surface area (TPSA) is 90.6 Å². The number of benzene rings is 1. The molecule has 0 radical (unpaired) electrons. The predicted octanol–water partition coefficient (Wildman–Crippen LogP) is 2.01. The largest absolute Gasteiger partial charge is 0.493 e. The molecule has 0 saturated carbocycles. The highest BCUT2D eigenvalue weighted by atomic mass is 16.5. The van der Waals surface area contributed by atoms with E-state index in [1.807, 2.05) is 32.0 Å². The zero-order valence-electron chi connectivity index (χ0n) is 15.9. The van der Waals surface area contributed by atoms with Gasteiger partial charge in [-0.05, 0) is 43.5 Å². The molecule has 27 heavy (non-hydrogen) atoms. The van der Waals surface area contributed by atoms with Crippen molar-refractivity contribution in [3.8, 4) is 11.5 Å². The number of carbonyl (C=O) groups excluding carboxylic acids is 1. The second-order valence-corrected chi connectivity index (χ2v) is 6.25. The molecule has 0 bridgehead atoms. The molecular formula is C19H23N5O3. The second kappa shape index (κ2) is 8.03. The van der Waals surface area contributed by atoms with Gasteiger partial charge in [-0.2, -0.15) is 5.10 Å². The van der Waals surface area contributed by atoms with E-state index in [1.165, 1.54) is 0 Å². The number of methoxy groups -OCH3 is 2. The number of fused-ring (bicyclic) bond motifs is 1. The van der Waals surface area contributed by atoms with E-state index in [1.54, 1.807) is 25.1 Å². The average Bonchev–Trinajstić information content (AvgIpc) is 3.14. The zero-order chi connectivity index (χ0) is 19.4. The van der Waals surface area contributed by atoms with Crippen LogP contribution in [0, 0.1) is 13.8 Å². The molecule has 0 atom stereocenters. The molecule has 1 amide bonds. The van der Waals surface area contributed by atoms with Crippen molar-refractivity contribution in [2.45, 2.75) is 33.2 Å². The van der Waals surface area contributed by atoms with Crippen molar-refractivity contribution in [2.75, 3.05) is 14.2 Å². The van der Waals surface area contributed by atoms with Crippen molar-refractivity contribution >= 4 is 11.6 Å². The van der Waals surface area contributed by atoms with Crippen molar-refractivity contribution < 1.29 is 14.3 Å². The molecule has 1 N–H and O–H groups in total. The van der Waals surface area contributed by atoms with Crippen molar-refractivity contribution in [3.05, 3.63) is 46.9 Å². The van der Waals surface area contributed by atoms with Gasteiger partial charge in [0.1, 0.15) is 6.33 Å². The van der Waals surface area contributed by atoms with Crippen molar-refractivity contribution in [1.29, 1.82) is 0 Å². The number of rotatable bonds is 7. The normalized spacial score (nSPS) is 10.8. The fourth-order valence-corrected chi connectivity index (χ4v) is 3.06. The van der Waals surface area contributed by atoms with Crippen LogP contribution in [0.4, 0.5) is 0 Å². The fourth-order valence-electron chi connectivity index (χ4n) is 3.06. The van der Waals surface area contributed by atoms with Crippen LogP contribution >= 0.6 is 0 Å². The summed E-state index contributed by atoms with van der Waals surface area (Å²) in [6.45, 7) is 4.34. The van der Waals surface area contributed by atoms with Gasteiger partial charge in [0, 0.05) is 18.5 Å². The highest BCUT2D eigenvalue weighted by molar-refractivity contribution is 5.76. The van der Waals surface area contributed by atoms with Gasteiger partial charge in [0.05, 0.1) is 19.9 Å². The summed E-state index contributed by atoms with van der Waals surface area (Å²) in [5, 5.41) is 15.3. The lowest BCUT2D eigenvalue weighted by Crippen LogP contribution is -2.23. The molecule has 0 aliphatic heterocycles. The Labute approximate surface area is 157 Å². The average molecular weight is 369 g/mol. The van der Waals surface area contributed by atoms with E-state index in [-0.39, 0.29) is 5.91 Å². The lowest BCUT2D eigenvalue weighted by atomic mass is 10.0. The van der Waals surface area contributed by atoms with Crippen LogP contribution in [0.5, 0.6) is 11.5 Å². The number of ether oxygens (including phenoxy) is 2. The summed E-state index contributed by atoms with van der Waals surface area (Å²) in [7, 11) is 3.18. The predicted molar refractivity (Wildman–Crippen MR) is 100.0 cm³/mol. The Hall–Kier alpha value is -3.16. The quantitative estimate of drug-likeness (QED) is 0.685. The molecule has 3 aromatic rings. The minimum absolute atomic E-state index is 0.0232. The Kier molecular flexibility index (Phi) is 5.54. The first-order valence-electron chi connectivity index (χ1n) is 8.67. The van der Waals surface area contributed by atoms with E-state index < -0.39 is 0 Å². The molecule has 0 aliphatic carbocycles. The number of nitrogens with zero attached hydrogens (tertiary/aromatic N) is 4.